The summed E-state index contributed by atoms with van der Waals surface area (Å²) in [6.07, 6.45) is 0.491. The molecule has 1 heterocycles. The van der Waals surface area contributed by atoms with Crippen LogP contribution >= 0.6 is 0 Å². The van der Waals surface area contributed by atoms with Gasteiger partial charge in [0.15, 0.2) is 0 Å². The molecule has 0 spiro atoms. The Hall–Kier alpha value is -1.10. The van der Waals surface area contributed by atoms with Crippen molar-refractivity contribution in [1.82, 2.24) is 5.32 Å². The number of carbonyl (C=O) groups excluding carboxylic acids is 1. The summed E-state index contributed by atoms with van der Waals surface area (Å²) in [5, 5.41) is 12.0. The van der Waals surface area contributed by atoms with Crippen LogP contribution in [0.25, 0.3) is 0 Å². The number of hydrogen-bond donors (Lipinski definition) is 2. The molecule has 5 heteroatoms. The van der Waals surface area contributed by atoms with Gasteiger partial charge in [0.05, 0.1) is 18.6 Å². The van der Waals surface area contributed by atoms with Gasteiger partial charge >= 0.3 is 5.97 Å². The quantitative estimate of drug-likeness (QED) is 0.809. The van der Waals surface area contributed by atoms with Crippen molar-refractivity contribution in [2.75, 3.05) is 13.2 Å². The maximum atomic E-state index is 12.4. The number of hydrogen-bond acceptors (Lipinski definition) is 3. The molecule has 0 aromatic heterocycles. The molecule has 108 valence electrons. The predicted molar refractivity (Wildman–Crippen MR) is 69.6 cm³/mol. The van der Waals surface area contributed by atoms with Crippen LogP contribution in [0.2, 0.25) is 0 Å². The number of carbonyl (C=O) groups is 2. The van der Waals surface area contributed by atoms with Crippen molar-refractivity contribution < 1.29 is 19.4 Å². The SMILES string of the molecule is CC1(C)C(C(=O)NC2(CC(=O)O)CCOC2)C1(C)C. The first-order chi connectivity index (χ1) is 8.62. The molecule has 1 saturated carbocycles. The normalized spacial score (nSPS) is 32.0. The average molecular weight is 269 g/mol. The second kappa shape index (κ2) is 4.20. The van der Waals surface area contributed by atoms with E-state index in [-0.39, 0.29) is 29.1 Å². The van der Waals surface area contributed by atoms with E-state index >= 15 is 0 Å². The Balaban J connectivity index is 2.07. The van der Waals surface area contributed by atoms with Crippen LogP contribution in [0.15, 0.2) is 0 Å². The molecule has 19 heavy (non-hydrogen) atoms. The molecule has 0 radical (unpaired) electrons. The molecular formula is C14H23NO4. The summed E-state index contributed by atoms with van der Waals surface area (Å²) < 4.78 is 5.29. The molecular weight excluding hydrogens is 246 g/mol. The maximum Gasteiger partial charge on any atom is 0.305 e. The van der Waals surface area contributed by atoms with Gasteiger partial charge in [-0.2, -0.15) is 0 Å². The molecule has 2 fully saturated rings. The summed E-state index contributed by atoms with van der Waals surface area (Å²) in [6, 6.07) is 0. The van der Waals surface area contributed by atoms with Gasteiger partial charge in [-0.1, -0.05) is 27.7 Å². The van der Waals surface area contributed by atoms with Gasteiger partial charge in [0.2, 0.25) is 5.91 Å². The minimum atomic E-state index is -0.903. The van der Waals surface area contributed by atoms with Crippen molar-refractivity contribution in [3.05, 3.63) is 0 Å². The topological polar surface area (TPSA) is 75.6 Å². The molecule has 1 saturated heterocycles. The Kier molecular flexibility index (Phi) is 3.16. The number of ether oxygens (including phenoxy) is 1. The molecule has 5 nitrogen and oxygen atoms in total. The fourth-order valence-electron chi connectivity index (χ4n) is 3.36. The molecule has 1 aliphatic heterocycles. The Bertz CT molecular complexity index is 394. The Morgan fingerprint density at radius 2 is 1.84 bits per heavy atom. The number of nitrogens with one attached hydrogen (secondary N) is 1. The highest BCUT2D eigenvalue weighted by Gasteiger charge is 2.68. The monoisotopic (exact) mass is 269 g/mol. The zero-order valence-corrected chi connectivity index (χ0v) is 12.1. The minimum absolute atomic E-state index is 0.0400. The predicted octanol–water partition coefficient (Wildman–Crippen LogP) is 1.42. The molecule has 0 aromatic carbocycles. The summed E-state index contributed by atoms with van der Waals surface area (Å²) in [5.41, 5.74) is -0.806. The lowest BCUT2D eigenvalue weighted by molar-refractivity contribution is -0.139. The highest BCUT2D eigenvalue weighted by Crippen LogP contribution is 2.68. The average Bonchev–Trinajstić information content (AvgIpc) is 2.58. The number of aliphatic carboxylic acids is 1. The van der Waals surface area contributed by atoms with Crippen molar-refractivity contribution >= 4 is 11.9 Å². The van der Waals surface area contributed by atoms with Gasteiger partial charge in [-0.3, -0.25) is 9.59 Å². The second-order valence-corrected chi connectivity index (χ2v) is 7.02. The van der Waals surface area contributed by atoms with Crippen LogP contribution in [0.5, 0.6) is 0 Å². The summed E-state index contributed by atoms with van der Waals surface area (Å²) in [4.78, 5) is 23.4. The van der Waals surface area contributed by atoms with E-state index in [9.17, 15) is 9.59 Å². The van der Waals surface area contributed by atoms with E-state index in [0.29, 0.717) is 19.6 Å². The van der Waals surface area contributed by atoms with Crippen LogP contribution in [-0.4, -0.2) is 35.7 Å². The number of rotatable bonds is 4. The second-order valence-electron chi connectivity index (χ2n) is 7.02. The number of amides is 1. The standard InChI is InChI=1S/C14H23NO4/c1-12(2)10(13(12,3)4)11(18)15-14(7-9(16)17)5-6-19-8-14/h10H,5-8H2,1-4H3,(H,15,18)(H,16,17). The molecule has 1 aliphatic carbocycles. The van der Waals surface area contributed by atoms with Crippen LogP contribution in [-0.2, 0) is 14.3 Å². The van der Waals surface area contributed by atoms with Crippen molar-refractivity contribution in [3.8, 4) is 0 Å². The van der Waals surface area contributed by atoms with Crippen LogP contribution in [0.3, 0.4) is 0 Å². The van der Waals surface area contributed by atoms with Crippen molar-refractivity contribution in [2.45, 2.75) is 46.1 Å². The van der Waals surface area contributed by atoms with E-state index < -0.39 is 11.5 Å². The van der Waals surface area contributed by atoms with Gasteiger partial charge in [-0.25, -0.2) is 0 Å². The first-order valence-electron chi connectivity index (χ1n) is 6.74. The molecule has 2 rings (SSSR count). The van der Waals surface area contributed by atoms with E-state index in [2.05, 4.69) is 33.0 Å². The van der Waals surface area contributed by atoms with Gasteiger partial charge in [-0.15, -0.1) is 0 Å². The zero-order chi connectivity index (χ0) is 14.5. The number of carboxylic acid groups (broad SMARTS) is 1. The van der Waals surface area contributed by atoms with E-state index in [1.807, 2.05) is 0 Å². The molecule has 1 unspecified atom stereocenters. The lowest BCUT2D eigenvalue weighted by atomic mass is 9.93. The summed E-state index contributed by atoms with van der Waals surface area (Å²) in [6.45, 7) is 9.10. The lowest BCUT2D eigenvalue weighted by Crippen LogP contribution is -2.51. The molecule has 0 aromatic rings. The van der Waals surface area contributed by atoms with Crippen LogP contribution < -0.4 is 5.32 Å². The third-order valence-electron chi connectivity index (χ3n) is 5.26. The van der Waals surface area contributed by atoms with Crippen molar-refractivity contribution in [3.63, 3.8) is 0 Å². The molecule has 1 atom stereocenters. The van der Waals surface area contributed by atoms with Crippen molar-refractivity contribution in [1.29, 1.82) is 0 Å². The minimum Gasteiger partial charge on any atom is -0.481 e. The van der Waals surface area contributed by atoms with Crippen LogP contribution in [0.1, 0.15) is 40.5 Å². The Morgan fingerprint density at radius 3 is 2.21 bits per heavy atom. The van der Waals surface area contributed by atoms with Gasteiger partial charge in [-0.05, 0) is 17.3 Å². The van der Waals surface area contributed by atoms with Crippen molar-refractivity contribution in [2.24, 2.45) is 16.7 Å². The smallest absolute Gasteiger partial charge is 0.305 e. The molecule has 1 amide bonds. The molecule has 0 bridgehead atoms. The maximum absolute atomic E-state index is 12.4. The Labute approximate surface area is 113 Å². The number of carboxylic acids is 1. The van der Waals surface area contributed by atoms with E-state index in [4.69, 9.17) is 9.84 Å². The third kappa shape index (κ3) is 2.24. The van der Waals surface area contributed by atoms with Crippen LogP contribution in [0, 0.1) is 16.7 Å². The van der Waals surface area contributed by atoms with Gasteiger partial charge < -0.3 is 15.2 Å². The molecule has 2 N–H and O–H groups in total. The highest BCUT2D eigenvalue weighted by atomic mass is 16.5. The van der Waals surface area contributed by atoms with E-state index in [1.54, 1.807) is 0 Å². The largest absolute Gasteiger partial charge is 0.481 e. The van der Waals surface area contributed by atoms with E-state index in [1.165, 1.54) is 0 Å². The third-order valence-corrected chi connectivity index (χ3v) is 5.26. The summed E-state index contributed by atoms with van der Waals surface area (Å²) in [7, 11) is 0. The fraction of sp³-hybridized carbons (Fsp3) is 0.857. The first-order valence-corrected chi connectivity index (χ1v) is 6.74. The lowest BCUT2D eigenvalue weighted by Gasteiger charge is -2.27. The molecule has 2 aliphatic rings. The Morgan fingerprint density at radius 1 is 1.26 bits per heavy atom. The van der Waals surface area contributed by atoms with Gasteiger partial charge in [0, 0.05) is 12.5 Å². The van der Waals surface area contributed by atoms with E-state index in [0.717, 1.165) is 0 Å². The highest BCUT2D eigenvalue weighted by molar-refractivity contribution is 5.85. The van der Waals surface area contributed by atoms with Crippen LogP contribution in [0.4, 0.5) is 0 Å². The van der Waals surface area contributed by atoms with Gasteiger partial charge in [0.1, 0.15) is 0 Å². The van der Waals surface area contributed by atoms with Gasteiger partial charge in [0.25, 0.3) is 0 Å². The fourth-order valence-corrected chi connectivity index (χ4v) is 3.36. The summed E-state index contributed by atoms with van der Waals surface area (Å²) in [5.74, 6) is -1.01. The summed E-state index contributed by atoms with van der Waals surface area (Å²) >= 11 is 0. The zero-order valence-electron chi connectivity index (χ0n) is 12.1. The first kappa shape index (κ1) is 14.3.